The molecule has 9 aromatic carbocycles. The average molecular weight is 821 g/mol. The van der Waals surface area contributed by atoms with Gasteiger partial charge in [0.2, 0.25) is 0 Å². The zero-order valence-electron chi connectivity index (χ0n) is 35.3. The summed E-state index contributed by atoms with van der Waals surface area (Å²) in [5.74, 6) is 0.734. The van der Waals surface area contributed by atoms with Gasteiger partial charge in [-0.3, -0.25) is 0 Å². The zero-order chi connectivity index (χ0) is 42.3. The molecule has 2 nitrogen and oxygen atoms in total. The van der Waals surface area contributed by atoms with Crippen LogP contribution in [0.25, 0.3) is 101 Å². The smallest absolute Gasteiger partial charge is 0.160 e. The molecular formula is C60H44N2Si. The van der Waals surface area contributed by atoms with Crippen molar-refractivity contribution in [2.45, 2.75) is 13.1 Å². The molecule has 1 aliphatic heterocycles. The SMILES string of the molecule is C[Si]1(C)c2ccccc2-c2nc(-c3cccc(-c4cccc(-c5cc(-c6ccccc6)cc(-c6ccccc6)c5)c4)c3)nc(-c3cc(-c4ccccc4)cc(-c4ccccc4)c3)c21. The van der Waals surface area contributed by atoms with E-state index >= 15 is 0 Å². The normalized spacial score (nSPS) is 12.4. The molecule has 2 heterocycles. The summed E-state index contributed by atoms with van der Waals surface area (Å²) in [4.78, 5) is 11.1. The van der Waals surface area contributed by atoms with E-state index in [4.69, 9.17) is 9.97 Å². The summed E-state index contributed by atoms with van der Waals surface area (Å²) in [7, 11) is -2.20. The van der Waals surface area contributed by atoms with Crippen LogP contribution in [0.3, 0.4) is 0 Å². The highest BCUT2D eigenvalue weighted by Gasteiger charge is 2.41. The Hall–Kier alpha value is -7.72. The van der Waals surface area contributed by atoms with Crippen molar-refractivity contribution < 1.29 is 0 Å². The fourth-order valence-electron chi connectivity index (χ4n) is 9.42. The van der Waals surface area contributed by atoms with Gasteiger partial charge in [0, 0.05) is 11.1 Å². The number of benzene rings is 9. The Morgan fingerprint density at radius 1 is 0.270 bits per heavy atom. The van der Waals surface area contributed by atoms with E-state index in [2.05, 4.69) is 244 Å². The molecule has 0 saturated carbocycles. The molecule has 0 atom stereocenters. The molecule has 0 spiro atoms. The number of hydrogen-bond acceptors (Lipinski definition) is 2. The van der Waals surface area contributed by atoms with Crippen molar-refractivity contribution in [1.82, 2.24) is 9.97 Å². The minimum atomic E-state index is -2.20. The second kappa shape index (κ2) is 16.0. The van der Waals surface area contributed by atoms with E-state index in [9.17, 15) is 0 Å². The molecule has 10 aromatic rings. The fraction of sp³-hybridized carbons (Fsp3) is 0.0333. The Labute approximate surface area is 370 Å². The van der Waals surface area contributed by atoms with Crippen molar-refractivity contribution in [3.05, 3.63) is 231 Å². The van der Waals surface area contributed by atoms with Crippen LogP contribution in [-0.2, 0) is 0 Å². The van der Waals surface area contributed by atoms with Gasteiger partial charge in [0.05, 0.1) is 11.4 Å². The second-order valence-electron chi connectivity index (χ2n) is 17.0. The zero-order valence-corrected chi connectivity index (χ0v) is 36.3. The number of rotatable bonds is 8. The summed E-state index contributed by atoms with van der Waals surface area (Å²) in [5.41, 5.74) is 19.5. The third-order valence-electron chi connectivity index (χ3n) is 12.6. The maximum Gasteiger partial charge on any atom is 0.160 e. The lowest BCUT2D eigenvalue weighted by atomic mass is 9.92. The maximum absolute atomic E-state index is 5.63. The highest BCUT2D eigenvalue weighted by molar-refractivity contribution is 7.04. The van der Waals surface area contributed by atoms with Gasteiger partial charge in [0.25, 0.3) is 0 Å². The van der Waals surface area contributed by atoms with E-state index in [1.165, 1.54) is 71.6 Å². The number of hydrogen-bond donors (Lipinski definition) is 0. The standard InChI is InChI=1S/C60H44N2Si/c1-63(2)56-32-16-15-31-55(56)58-59(63)57(54-39-51(43-23-11-5-12-24-43)36-52(40-54)44-25-13-6-14-26-44)61-60(62-58)48-30-18-28-46(34-48)45-27-17-29-47(33-45)53-37-49(41-19-7-3-8-20-41)35-50(38-53)42-21-9-4-10-22-42/h3-40H,1-2H3. The third kappa shape index (κ3) is 7.23. The molecule has 0 fully saturated rings. The van der Waals surface area contributed by atoms with Crippen molar-refractivity contribution in [2.75, 3.05) is 0 Å². The predicted molar refractivity (Wildman–Crippen MR) is 268 cm³/mol. The van der Waals surface area contributed by atoms with Crippen LogP contribution in [0.1, 0.15) is 0 Å². The van der Waals surface area contributed by atoms with Crippen molar-refractivity contribution in [1.29, 1.82) is 0 Å². The molecule has 11 rings (SSSR count). The fourth-order valence-corrected chi connectivity index (χ4v) is 12.7. The summed E-state index contributed by atoms with van der Waals surface area (Å²) >= 11 is 0. The molecule has 298 valence electrons. The molecule has 3 heteroatoms. The van der Waals surface area contributed by atoms with E-state index in [0.717, 1.165) is 39.5 Å². The minimum Gasteiger partial charge on any atom is -0.228 e. The van der Waals surface area contributed by atoms with Gasteiger partial charge in [0.1, 0.15) is 8.07 Å². The lowest BCUT2D eigenvalue weighted by Gasteiger charge is -2.22. The molecule has 0 aliphatic carbocycles. The Kier molecular flexibility index (Phi) is 9.68. The van der Waals surface area contributed by atoms with Crippen LogP contribution in [0.4, 0.5) is 0 Å². The molecular weight excluding hydrogens is 777 g/mol. The van der Waals surface area contributed by atoms with Gasteiger partial charge in [-0.2, -0.15) is 0 Å². The first-order valence-corrected chi connectivity index (χ1v) is 24.7. The Morgan fingerprint density at radius 3 is 1.06 bits per heavy atom. The van der Waals surface area contributed by atoms with Crippen molar-refractivity contribution in [3.63, 3.8) is 0 Å². The van der Waals surface area contributed by atoms with E-state index < -0.39 is 8.07 Å². The predicted octanol–water partition coefficient (Wildman–Crippen LogP) is 14.6. The number of aromatic nitrogens is 2. The molecule has 0 bridgehead atoms. The first kappa shape index (κ1) is 38.2. The highest BCUT2D eigenvalue weighted by Crippen LogP contribution is 2.39. The monoisotopic (exact) mass is 820 g/mol. The van der Waals surface area contributed by atoms with Crippen LogP contribution in [0.5, 0.6) is 0 Å². The van der Waals surface area contributed by atoms with E-state index in [0.29, 0.717) is 0 Å². The van der Waals surface area contributed by atoms with Gasteiger partial charge in [-0.25, -0.2) is 9.97 Å². The molecule has 0 N–H and O–H groups in total. The van der Waals surface area contributed by atoms with Crippen molar-refractivity contribution in [2.24, 2.45) is 0 Å². The number of nitrogens with zero attached hydrogens (tertiary/aromatic N) is 2. The van der Waals surface area contributed by atoms with Crippen molar-refractivity contribution in [3.8, 4) is 101 Å². The Bertz CT molecular complexity index is 3170. The average Bonchev–Trinajstić information content (AvgIpc) is 3.60. The van der Waals surface area contributed by atoms with Gasteiger partial charge in [0.15, 0.2) is 5.82 Å². The van der Waals surface area contributed by atoms with Gasteiger partial charge in [-0.05, 0) is 131 Å². The van der Waals surface area contributed by atoms with Crippen molar-refractivity contribution >= 4 is 18.4 Å². The van der Waals surface area contributed by atoms with Crippen LogP contribution in [0.2, 0.25) is 13.1 Å². The summed E-state index contributed by atoms with van der Waals surface area (Å²) in [6.07, 6.45) is 0. The van der Waals surface area contributed by atoms with E-state index in [1.807, 2.05) is 0 Å². The quantitative estimate of drug-likeness (QED) is 0.143. The van der Waals surface area contributed by atoms with Gasteiger partial charge in [-0.1, -0.05) is 195 Å². The lowest BCUT2D eigenvalue weighted by Crippen LogP contribution is -2.50. The number of fused-ring (bicyclic) bond motifs is 3. The van der Waals surface area contributed by atoms with Crippen LogP contribution in [0.15, 0.2) is 231 Å². The molecule has 63 heavy (non-hydrogen) atoms. The van der Waals surface area contributed by atoms with Gasteiger partial charge >= 0.3 is 0 Å². The topological polar surface area (TPSA) is 25.8 Å². The van der Waals surface area contributed by atoms with Crippen LogP contribution in [-0.4, -0.2) is 18.0 Å². The molecule has 0 unspecified atom stereocenters. The second-order valence-corrected chi connectivity index (χ2v) is 21.3. The Balaban J connectivity index is 1.06. The summed E-state index contributed by atoms with van der Waals surface area (Å²) in [6.45, 7) is 4.91. The van der Waals surface area contributed by atoms with E-state index in [1.54, 1.807) is 0 Å². The molecule has 0 amide bonds. The van der Waals surface area contributed by atoms with Crippen LogP contribution >= 0.6 is 0 Å². The summed E-state index contributed by atoms with van der Waals surface area (Å²) in [5, 5.41) is 2.71. The van der Waals surface area contributed by atoms with Gasteiger partial charge in [-0.15, -0.1) is 0 Å². The molecule has 1 aliphatic rings. The maximum atomic E-state index is 5.63. The lowest BCUT2D eigenvalue weighted by molar-refractivity contribution is 1.20. The third-order valence-corrected chi connectivity index (χ3v) is 16.1. The highest BCUT2D eigenvalue weighted by atomic mass is 28.3. The first-order chi connectivity index (χ1) is 31.0. The summed E-state index contributed by atoms with van der Waals surface area (Å²) < 4.78 is 0. The Morgan fingerprint density at radius 2 is 0.587 bits per heavy atom. The molecule has 1 aromatic heterocycles. The van der Waals surface area contributed by atoms with Gasteiger partial charge < -0.3 is 0 Å². The minimum absolute atomic E-state index is 0.734. The summed E-state index contributed by atoms with van der Waals surface area (Å²) in [6, 6.07) is 83.2. The first-order valence-electron chi connectivity index (χ1n) is 21.7. The van der Waals surface area contributed by atoms with E-state index in [-0.39, 0.29) is 0 Å². The van der Waals surface area contributed by atoms with Crippen LogP contribution < -0.4 is 10.4 Å². The van der Waals surface area contributed by atoms with Crippen LogP contribution in [0, 0.1) is 0 Å². The molecule has 0 saturated heterocycles. The largest absolute Gasteiger partial charge is 0.228 e. The molecule has 0 radical (unpaired) electrons.